The van der Waals surface area contributed by atoms with Gasteiger partial charge in [-0.15, -0.1) is 11.3 Å². The summed E-state index contributed by atoms with van der Waals surface area (Å²) < 4.78 is 7.89. The van der Waals surface area contributed by atoms with E-state index in [1.54, 1.807) is 11.4 Å². The quantitative estimate of drug-likeness (QED) is 0.702. The van der Waals surface area contributed by atoms with E-state index in [4.69, 9.17) is 4.74 Å². The SMILES string of the molecule is COCCn1c(=O)c2sccc2n(CC(=O)Nc2cc(C)ccc2C)c1=O. The van der Waals surface area contributed by atoms with Crippen LogP contribution in [-0.2, 0) is 22.6 Å². The number of methoxy groups -OCH3 is 1. The van der Waals surface area contributed by atoms with Crippen molar-refractivity contribution in [2.24, 2.45) is 0 Å². The van der Waals surface area contributed by atoms with Crippen molar-refractivity contribution in [3.05, 3.63) is 61.6 Å². The molecular weight excluding hydrogens is 366 g/mol. The number of anilines is 1. The Kier molecular flexibility index (Phi) is 5.57. The largest absolute Gasteiger partial charge is 0.383 e. The Labute approximate surface area is 159 Å². The van der Waals surface area contributed by atoms with Crippen LogP contribution in [-0.4, -0.2) is 28.8 Å². The van der Waals surface area contributed by atoms with E-state index in [0.717, 1.165) is 15.7 Å². The van der Waals surface area contributed by atoms with E-state index in [0.29, 0.717) is 15.9 Å². The number of hydrogen-bond acceptors (Lipinski definition) is 5. The number of rotatable bonds is 6. The molecule has 0 aliphatic carbocycles. The lowest BCUT2D eigenvalue weighted by atomic mass is 10.1. The summed E-state index contributed by atoms with van der Waals surface area (Å²) in [5, 5.41) is 4.59. The van der Waals surface area contributed by atoms with Crippen LogP contribution in [0.5, 0.6) is 0 Å². The third kappa shape index (κ3) is 3.86. The van der Waals surface area contributed by atoms with Gasteiger partial charge < -0.3 is 10.1 Å². The van der Waals surface area contributed by atoms with Crippen molar-refractivity contribution in [1.82, 2.24) is 9.13 Å². The maximum Gasteiger partial charge on any atom is 0.332 e. The van der Waals surface area contributed by atoms with Crippen LogP contribution in [0.2, 0.25) is 0 Å². The highest BCUT2D eigenvalue weighted by Crippen LogP contribution is 2.18. The summed E-state index contributed by atoms with van der Waals surface area (Å²) in [5.41, 5.74) is 2.28. The minimum atomic E-state index is -0.515. The average molecular weight is 387 g/mol. The molecule has 0 spiro atoms. The number of thiophene rings is 1. The summed E-state index contributed by atoms with van der Waals surface area (Å²) in [5.74, 6) is -0.324. The molecule has 1 amide bonds. The van der Waals surface area contributed by atoms with Crippen molar-refractivity contribution in [2.75, 3.05) is 19.0 Å². The van der Waals surface area contributed by atoms with Gasteiger partial charge in [-0.25, -0.2) is 4.79 Å². The molecular formula is C19H21N3O4S. The van der Waals surface area contributed by atoms with Gasteiger partial charge in [-0.3, -0.25) is 18.7 Å². The van der Waals surface area contributed by atoms with E-state index >= 15 is 0 Å². The number of benzene rings is 1. The highest BCUT2D eigenvalue weighted by Gasteiger charge is 2.16. The van der Waals surface area contributed by atoms with Crippen LogP contribution < -0.4 is 16.6 Å². The normalized spacial score (nSPS) is 11.1. The standard InChI is InChI=1S/C19H21N3O4S/c1-12-4-5-13(2)14(10-12)20-16(23)11-22-15-6-9-27-17(15)18(24)21(19(22)25)7-8-26-3/h4-6,9-10H,7-8,11H2,1-3H3,(H,20,23). The molecule has 3 aromatic rings. The van der Waals surface area contributed by atoms with Crippen molar-refractivity contribution < 1.29 is 9.53 Å². The maximum absolute atomic E-state index is 12.8. The van der Waals surface area contributed by atoms with E-state index in [1.807, 2.05) is 32.0 Å². The van der Waals surface area contributed by atoms with Gasteiger partial charge in [-0.05, 0) is 42.5 Å². The number of aromatic nitrogens is 2. The van der Waals surface area contributed by atoms with Gasteiger partial charge in [0.05, 0.1) is 18.7 Å². The molecule has 3 rings (SSSR count). The van der Waals surface area contributed by atoms with Gasteiger partial charge in [0.2, 0.25) is 5.91 Å². The van der Waals surface area contributed by atoms with Gasteiger partial charge >= 0.3 is 5.69 Å². The molecule has 0 fully saturated rings. The number of amides is 1. The number of hydrogen-bond donors (Lipinski definition) is 1. The van der Waals surface area contributed by atoms with Crippen LogP contribution in [0.25, 0.3) is 10.2 Å². The fourth-order valence-electron chi connectivity index (χ4n) is 2.87. The summed E-state index contributed by atoms with van der Waals surface area (Å²) in [6, 6.07) is 7.47. The zero-order valence-corrected chi connectivity index (χ0v) is 16.3. The highest BCUT2D eigenvalue weighted by atomic mass is 32.1. The Bertz CT molecular complexity index is 1110. The molecule has 2 aromatic heterocycles. The lowest BCUT2D eigenvalue weighted by molar-refractivity contribution is -0.116. The molecule has 0 radical (unpaired) electrons. The average Bonchev–Trinajstić information content (AvgIpc) is 3.12. The molecule has 1 aromatic carbocycles. The molecule has 0 atom stereocenters. The number of nitrogens with one attached hydrogen (secondary N) is 1. The van der Waals surface area contributed by atoms with Gasteiger partial charge in [0.15, 0.2) is 0 Å². The first-order valence-electron chi connectivity index (χ1n) is 8.49. The van der Waals surface area contributed by atoms with Crippen LogP contribution in [0.4, 0.5) is 5.69 Å². The summed E-state index contributed by atoms with van der Waals surface area (Å²) in [4.78, 5) is 37.9. The fraction of sp³-hybridized carbons (Fsp3) is 0.316. The summed E-state index contributed by atoms with van der Waals surface area (Å²) in [7, 11) is 1.50. The molecule has 0 bridgehead atoms. The molecule has 27 heavy (non-hydrogen) atoms. The van der Waals surface area contributed by atoms with Crippen LogP contribution in [0.15, 0.2) is 39.2 Å². The van der Waals surface area contributed by atoms with Crippen molar-refractivity contribution in [2.45, 2.75) is 26.9 Å². The van der Waals surface area contributed by atoms with E-state index in [9.17, 15) is 14.4 Å². The van der Waals surface area contributed by atoms with E-state index < -0.39 is 5.69 Å². The smallest absolute Gasteiger partial charge is 0.332 e. The predicted molar refractivity (Wildman–Crippen MR) is 107 cm³/mol. The molecule has 0 saturated carbocycles. The Morgan fingerprint density at radius 2 is 1.96 bits per heavy atom. The molecule has 7 nitrogen and oxygen atoms in total. The molecule has 2 heterocycles. The Morgan fingerprint density at radius 3 is 2.70 bits per heavy atom. The second kappa shape index (κ2) is 7.89. The fourth-order valence-corrected chi connectivity index (χ4v) is 3.71. The third-order valence-corrected chi connectivity index (χ3v) is 5.22. The maximum atomic E-state index is 12.8. The Hall–Kier alpha value is -2.71. The summed E-state index contributed by atoms with van der Waals surface area (Å²) >= 11 is 1.25. The number of aryl methyl sites for hydroxylation is 2. The number of fused-ring (bicyclic) bond motifs is 1. The van der Waals surface area contributed by atoms with Gasteiger partial charge in [0.25, 0.3) is 5.56 Å². The minimum Gasteiger partial charge on any atom is -0.383 e. The van der Waals surface area contributed by atoms with Gasteiger partial charge in [0.1, 0.15) is 11.2 Å². The first-order valence-corrected chi connectivity index (χ1v) is 9.37. The second-order valence-corrected chi connectivity index (χ2v) is 7.24. The van der Waals surface area contributed by atoms with Gasteiger partial charge in [-0.1, -0.05) is 12.1 Å². The first kappa shape index (κ1) is 19.1. The predicted octanol–water partition coefficient (Wildman–Crippen LogP) is 2.13. The molecule has 142 valence electrons. The summed E-state index contributed by atoms with van der Waals surface area (Å²) in [6.45, 7) is 4.05. The molecule has 1 N–H and O–H groups in total. The number of ether oxygens (including phenoxy) is 1. The topological polar surface area (TPSA) is 82.3 Å². The zero-order chi connectivity index (χ0) is 19.6. The summed E-state index contributed by atoms with van der Waals surface area (Å²) in [6.07, 6.45) is 0. The van der Waals surface area contributed by atoms with Crippen molar-refractivity contribution in [1.29, 1.82) is 0 Å². The number of carbonyl (C=O) groups is 1. The van der Waals surface area contributed by atoms with Gasteiger partial charge in [-0.2, -0.15) is 0 Å². The molecule has 0 aliphatic rings. The van der Waals surface area contributed by atoms with Crippen LogP contribution in [0, 0.1) is 13.8 Å². The Morgan fingerprint density at radius 1 is 1.19 bits per heavy atom. The van der Waals surface area contributed by atoms with Crippen LogP contribution >= 0.6 is 11.3 Å². The monoisotopic (exact) mass is 387 g/mol. The molecule has 0 saturated heterocycles. The third-order valence-electron chi connectivity index (χ3n) is 4.32. The van der Waals surface area contributed by atoms with Crippen LogP contribution in [0.3, 0.4) is 0 Å². The van der Waals surface area contributed by atoms with Crippen molar-refractivity contribution >= 4 is 33.1 Å². The second-order valence-electron chi connectivity index (χ2n) is 6.32. The van der Waals surface area contributed by atoms with Crippen molar-refractivity contribution in [3.8, 4) is 0 Å². The highest BCUT2D eigenvalue weighted by molar-refractivity contribution is 7.17. The molecule has 8 heteroatoms. The molecule has 0 aliphatic heterocycles. The van der Waals surface area contributed by atoms with Gasteiger partial charge in [0, 0.05) is 12.8 Å². The van der Waals surface area contributed by atoms with Crippen LogP contribution in [0.1, 0.15) is 11.1 Å². The number of carbonyl (C=O) groups excluding carboxylic acids is 1. The minimum absolute atomic E-state index is 0.139. The lowest BCUT2D eigenvalue weighted by Crippen LogP contribution is -2.42. The van der Waals surface area contributed by atoms with E-state index in [-0.39, 0.29) is 31.2 Å². The lowest BCUT2D eigenvalue weighted by Gasteiger charge is -2.13. The first-order chi connectivity index (χ1) is 12.9. The Balaban J connectivity index is 1.97. The van der Waals surface area contributed by atoms with E-state index in [2.05, 4.69) is 5.32 Å². The van der Waals surface area contributed by atoms with Crippen molar-refractivity contribution in [3.63, 3.8) is 0 Å². The zero-order valence-electron chi connectivity index (χ0n) is 15.4. The molecule has 0 unspecified atom stereocenters. The number of nitrogens with zero attached hydrogens (tertiary/aromatic N) is 2. The van der Waals surface area contributed by atoms with E-state index in [1.165, 1.54) is 23.0 Å².